The first-order chi connectivity index (χ1) is 5.40. The molecule has 0 aromatic carbocycles. The van der Waals surface area contributed by atoms with Crippen molar-refractivity contribution in [2.24, 2.45) is 0 Å². The topological polar surface area (TPSA) is 9.23 Å². The van der Waals surface area contributed by atoms with Crippen LogP contribution in [0.25, 0.3) is 0 Å². The minimum Gasteiger partial charge on any atom is -0.489 e. The van der Waals surface area contributed by atoms with Gasteiger partial charge in [-0.1, -0.05) is 6.08 Å². The minimum absolute atomic E-state index is 0.735. The Balaban J connectivity index is 2.23. The molecule has 56 valence electrons. The van der Waals surface area contributed by atoms with E-state index in [9.17, 15) is 0 Å². The number of rotatable bonds is 2. The van der Waals surface area contributed by atoms with Gasteiger partial charge in [0, 0.05) is 5.57 Å². The summed E-state index contributed by atoms with van der Waals surface area (Å²) < 4.78 is 5.34. The van der Waals surface area contributed by atoms with E-state index in [1.807, 2.05) is 6.08 Å². The third kappa shape index (κ3) is 1.03. The lowest BCUT2D eigenvalue weighted by Gasteiger charge is -1.94. The number of hydrogen-bond acceptors (Lipinski definition) is 1. The second kappa shape index (κ2) is 2.42. The lowest BCUT2D eigenvalue weighted by molar-refractivity contribution is 0.277. The third-order valence-electron chi connectivity index (χ3n) is 1.86. The zero-order chi connectivity index (χ0) is 7.68. The van der Waals surface area contributed by atoms with Crippen LogP contribution in [0.15, 0.2) is 47.8 Å². The van der Waals surface area contributed by atoms with Crippen molar-refractivity contribution in [3.63, 3.8) is 0 Å². The van der Waals surface area contributed by atoms with Crippen molar-refractivity contribution in [1.82, 2.24) is 0 Å². The van der Waals surface area contributed by atoms with E-state index >= 15 is 0 Å². The van der Waals surface area contributed by atoms with Gasteiger partial charge in [-0.25, -0.2) is 0 Å². The highest BCUT2D eigenvalue weighted by atomic mass is 16.5. The lowest BCUT2D eigenvalue weighted by atomic mass is 10.2. The van der Waals surface area contributed by atoms with E-state index in [1.54, 1.807) is 0 Å². The zero-order valence-electron chi connectivity index (χ0n) is 6.34. The molecule has 0 radical (unpaired) electrons. The number of allylic oxidation sites excluding steroid dienone is 4. The summed E-state index contributed by atoms with van der Waals surface area (Å²) in [6, 6.07) is 0. The van der Waals surface area contributed by atoms with Gasteiger partial charge < -0.3 is 4.74 Å². The van der Waals surface area contributed by atoms with Gasteiger partial charge in [-0.2, -0.15) is 0 Å². The molecule has 0 fully saturated rings. The van der Waals surface area contributed by atoms with Crippen LogP contribution in [0.1, 0.15) is 6.42 Å². The van der Waals surface area contributed by atoms with Gasteiger partial charge in [-0.15, -0.1) is 6.58 Å². The molecule has 2 rings (SSSR count). The predicted octanol–water partition coefficient (Wildman–Crippen LogP) is 2.34. The fourth-order valence-electron chi connectivity index (χ4n) is 1.35. The molecule has 1 heteroatoms. The maximum atomic E-state index is 5.34. The highest BCUT2D eigenvalue weighted by Crippen LogP contribution is 2.29. The Kier molecular flexibility index (Phi) is 1.42. The highest BCUT2D eigenvalue weighted by molar-refractivity contribution is 5.52. The normalized spacial score (nSPS) is 19.8. The Labute approximate surface area is 66.4 Å². The third-order valence-corrected chi connectivity index (χ3v) is 1.86. The average Bonchev–Trinajstić information content (AvgIpc) is 2.46. The average molecular weight is 146 g/mol. The van der Waals surface area contributed by atoms with E-state index < -0.39 is 0 Å². The summed E-state index contributed by atoms with van der Waals surface area (Å²) in [4.78, 5) is 0. The van der Waals surface area contributed by atoms with Crippen LogP contribution in [0.4, 0.5) is 0 Å². The molecule has 0 atom stereocenters. The number of fused-ring (bicyclic) bond motifs is 1. The molecule has 1 nitrogen and oxygen atoms in total. The van der Waals surface area contributed by atoms with Crippen LogP contribution in [-0.2, 0) is 4.74 Å². The van der Waals surface area contributed by atoms with E-state index in [-0.39, 0.29) is 0 Å². The second-order valence-electron chi connectivity index (χ2n) is 2.69. The molecule has 0 N–H and O–H groups in total. The molecule has 11 heavy (non-hydrogen) atoms. The van der Waals surface area contributed by atoms with Gasteiger partial charge in [0.1, 0.15) is 12.4 Å². The van der Waals surface area contributed by atoms with Crippen LogP contribution in [0, 0.1) is 0 Å². The van der Waals surface area contributed by atoms with E-state index in [4.69, 9.17) is 4.74 Å². The van der Waals surface area contributed by atoms with Crippen molar-refractivity contribution in [1.29, 1.82) is 0 Å². The first-order valence-electron chi connectivity index (χ1n) is 3.76. The predicted molar refractivity (Wildman–Crippen MR) is 45.0 cm³/mol. The molecule has 0 aromatic heterocycles. The zero-order valence-corrected chi connectivity index (χ0v) is 6.34. The maximum absolute atomic E-state index is 5.34. The molecule has 1 heterocycles. The van der Waals surface area contributed by atoms with Crippen molar-refractivity contribution in [3.05, 3.63) is 47.8 Å². The van der Waals surface area contributed by atoms with Crippen LogP contribution in [0.5, 0.6) is 0 Å². The molecule has 0 unspecified atom stereocenters. The van der Waals surface area contributed by atoms with Gasteiger partial charge in [0.2, 0.25) is 0 Å². The molecular weight excluding hydrogens is 136 g/mol. The summed E-state index contributed by atoms with van der Waals surface area (Å²) in [6.07, 6.45) is 9.18. The van der Waals surface area contributed by atoms with Crippen LogP contribution in [-0.4, -0.2) is 6.61 Å². The number of ether oxygens (including phenoxy) is 1. The monoisotopic (exact) mass is 146 g/mol. The summed E-state index contributed by atoms with van der Waals surface area (Å²) in [7, 11) is 0. The van der Waals surface area contributed by atoms with E-state index in [2.05, 4.69) is 24.8 Å². The van der Waals surface area contributed by atoms with Crippen molar-refractivity contribution in [3.8, 4) is 0 Å². The first kappa shape index (κ1) is 6.47. The molecule has 0 spiro atoms. The standard InChI is InChI=1S/C10H10O/c1-2-3-8-6-9-4-5-11-10(9)7-8/h2,4,6-7H,1,3,5H2. The van der Waals surface area contributed by atoms with Crippen molar-refractivity contribution < 1.29 is 4.74 Å². The first-order valence-corrected chi connectivity index (χ1v) is 3.76. The Morgan fingerprint density at radius 1 is 1.55 bits per heavy atom. The fraction of sp³-hybridized carbons (Fsp3) is 0.200. The fourth-order valence-corrected chi connectivity index (χ4v) is 1.35. The number of hydrogen-bond donors (Lipinski definition) is 0. The summed E-state index contributed by atoms with van der Waals surface area (Å²) >= 11 is 0. The molecule has 1 aliphatic carbocycles. The molecular formula is C10H10O. The van der Waals surface area contributed by atoms with Gasteiger partial charge in [-0.05, 0) is 30.2 Å². The van der Waals surface area contributed by atoms with Crippen molar-refractivity contribution >= 4 is 0 Å². The van der Waals surface area contributed by atoms with Gasteiger partial charge in [-0.3, -0.25) is 0 Å². The summed E-state index contributed by atoms with van der Waals surface area (Å²) in [5.74, 6) is 1.03. The van der Waals surface area contributed by atoms with Gasteiger partial charge in [0.15, 0.2) is 0 Å². The molecule has 2 aliphatic rings. The lowest BCUT2D eigenvalue weighted by Crippen LogP contribution is -1.79. The van der Waals surface area contributed by atoms with E-state index in [0.29, 0.717) is 0 Å². The Bertz CT molecular complexity index is 279. The van der Waals surface area contributed by atoms with Gasteiger partial charge >= 0.3 is 0 Å². The maximum Gasteiger partial charge on any atom is 0.127 e. The van der Waals surface area contributed by atoms with Crippen molar-refractivity contribution in [2.45, 2.75) is 6.42 Å². The van der Waals surface area contributed by atoms with Crippen LogP contribution in [0.2, 0.25) is 0 Å². The molecule has 1 aliphatic heterocycles. The summed E-state index contributed by atoms with van der Waals surface area (Å²) in [6.45, 7) is 4.42. The molecule has 0 saturated carbocycles. The SMILES string of the molecule is C=CCC1=CC2=CCOC2=C1. The second-order valence-corrected chi connectivity index (χ2v) is 2.69. The summed E-state index contributed by atoms with van der Waals surface area (Å²) in [5, 5.41) is 0. The Morgan fingerprint density at radius 2 is 2.45 bits per heavy atom. The Hall–Kier alpha value is -1.24. The smallest absolute Gasteiger partial charge is 0.127 e. The highest BCUT2D eigenvalue weighted by Gasteiger charge is 2.16. The molecule has 0 amide bonds. The largest absolute Gasteiger partial charge is 0.489 e. The van der Waals surface area contributed by atoms with Crippen LogP contribution < -0.4 is 0 Å². The van der Waals surface area contributed by atoms with E-state index in [1.165, 1.54) is 11.1 Å². The van der Waals surface area contributed by atoms with Gasteiger partial charge in [0.25, 0.3) is 0 Å². The Morgan fingerprint density at radius 3 is 3.18 bits per heavy atom. The molecule has 0 saturated heterocycles. The quantitative estimate of drug-likeness (QED) is 0.543. The van der Waals surface area contributed by atoms with Crippen LogP contribution >= 0.6 is 0 Å². The van der Waals surface area contributed by atoms with Gasteiger partial charge in [0.05, 0.1) is 0 Å². The summed E-state index contributed by atoms with van der Waals surface area (Å²) in [5.41, 5.74) is 2.53. The van der Waals surface area contributed by atoms with E-state index in [0.717, 1.165) is 18.8 Å². The molecule has 0 bridgehead atoms. The minimum atomic E-state index is 0.735. The van der Waals surface area contributed by atoms with Crippen molar-refractivity contribution in [2.75, 3.05) is 6.61 Å². The van der Waals surface area contributed by atoms with Crippen LogP contribution in [0.3, 0.4) is 0 Å². The molecule has 0 aromatic rings.